The highest BCUT2D eigenvalue weighted by molar-refractivity contribution is 5.81. The van der Waals surface area contributed by atoms with Crippen molar-refractivity contribution in [2.24, 2.45) is 0 Å². The van der Waals surface area contributed by atoms with Crippen molar-refractivity contribution in [2.75, 3.05) is 57.3 Å². The third-order valence-corrected chi connectivity index (χ3v) is 5.99. The van der Waals surface area contributed by atoms with Crippen molar-refractivity contribution in [2.45, 2.75) is 39.0 Å². The molecule has 2 aliphatic rings. The van der Waals surface area contributed by atoms with Crippen molar-refractivity contribution in [1.29, 1.82) is 0 Å². The minimum absolute atomic E-state index is 0.133. The number of nitrogens with zero attached hydrogens (tertiary/aromatic N) is 4. The standard InChI is InChI=1S/C21H33FN4O2/c1-16-14-26(13-12-25(16)15-17(2)27)21(28)18(3)23-8-10-24(11-9-23)20-6-4-19(22)5-7-20/h4-7,16-18,27H,8-15H2,1-3H3/t16-,17-,18-/m0/s1. The molecule has 0 unspecified atom stereocenters. The lowest BCUT2D eigenvalue weighted by molar-refractivity contribution is -0.139. The number of amides is 1. The van der Waals surface area contributed by atoms with E-state index in [2.05, 4.69) is 21.6 Å². The Balaban J connectivity index is 1.50. The van der Waals surface area contributed by atoms with Gasteiger partial charge in [0.15, 0.2) is 0 Å². The first-order valence-corrected chi connectivity index (χ1v) is 10.3. The predicted molar refractivity (Wildman–Crippen MR) is 109 cm³/mol. The number of benzene rings is 1. The summed E-state index contributed by atoms with van der Waals surface area (Å²) in [5, 5.41) is 9.62. The number of β-amino-alcohol motifs (C(OH)–C–C–N with tert-alkyl or cyclic N) is 1. The Labute approximate surface area is 167 Å². The number of carbonyl (C=O) groups is 1. The summed E-state index contributed by atoms with van der Waals surface area (Å²) in [7, 11) is 0. The molecule has 1 aromatic carbocycles. The molecule has 156 valence electrons. The first-order chi connectivity index (χ1) is 13.3. The van der Waals surface area contributed by atoms with E-state index in [1.165, 1.54) is 12.1 Å². The minimum atomic E-state index is -0.346. The number of piperazine rings is 2. The molecule has 7 heteroatoms. The summed E-state index contributed by atoms with van der Waals surface area (Å²) < 4.78 is 13.1. The van der Waals surface area contributed by atoms with Gasteiger partial charge < -0.3 is 14.9 Å². The maximum absolute atomic E-state index is 13.1. The minimum Gasteiger partial charge on any atom is -0.392 e. The Morgan fingerprint density at radius 2 is 1.75 bits per heavy atom. The Hall–Kier alpha value is -1.70. The number of aliphatic hydroxyl groups is 1. The number of anilines is 1. The van der Waals surface area contributed by atoms with Crippen molar-refractivity contribution in [1.82, 2.24) is 14.7 Å². The van der Waals surface area contributed by atoms with Crippen LogP contribution < -0.4 is 4.90 Å². The molecule has 6 nitrogen and oxygen atoms in total. The fraction of sp³-hybridized carbons (Fsp3) is 0.667. The molecule has 2 fully saturated rings. The summed E-state index contributed by atoms with van der Waals surface area (Å²) in [6, 6.07) is 6.74. The van der Waals surface area contributed by atoms with Crippen LogP contribution in [0.2, 0.25) is 0 Å². The van der Waals surface area contributed by atoms with E-state index in [1.807, 2.05) is 24.0 Å². The second-order valence-electron chi connectivity index (χ2n) is 8.15. The molecule has 1 N–H and O–H groups in total. The molecule has 0 radical (unpaired) electrons. The van der Waals surface area contributed by atoms with Crippen molar-refractivity contribution in [3.05, 3.63) is 30.1 Å². The van der Waals surface area contributed by atoms with Crippen molar-refractivity contribution in [3.8, 4) is 0 Å². The number of carbonyl (C=O) groups excluding carboxylic acids is 1. The molecule has 0 bridgehead atoms. The number of hydrogen-bond acceptors (Lipinski definition) is 5. The molecule has 2 saturated heterocycles. The van der Waals surface area contributed by atoms with Crippen LogP contribution >= 0.6 is 0 Å². The average molecular weight is 393 g/mol. The molecule has 3 atom stereocenters. The Morgan fingerprint density at radius 3 is 2.32 bits per heavy atom. The van der Waals surface area contributed by atoms with E-state index in [4.69, 9.17) is 0 Å². The van der Waals surface area contributed by atoms with Crippen LogP contribution in [0.3, 0.4) is 0 Å². The second kappa shape index (κ2) is 9.20. The van der Waals surface area contributed by atoms with E-state index in [0.717, 1.165) is 45.0 Å². The molecule has 1 amide bonds. The van der Waals surface area contributed by atoms with Crippen LogP contribution in [0, 0.1) is 5.82 Å². The van der Waals surface area contributed by atoms with E-state index in [1.54, 1.807) is 6.92 Å². The van der Waals surface area contributed by atoms with E-state index in [9.17, 15) is 14.3 Å². The molecule has 1 aromatic rings. The first kappa shape index (κ1) is 21.0. The van der Waals surface area contributed by atoms with Gasteiger partial charge in [-0.2, -0.15) is 0 Å². The average Bonchev–Trinajstić information content (AvgIpc) is 2.69. The SMILES string of the molecule is C[C@H](O)CN1CCN(C(=O)[C@H](C)N2CCN(c3ccc(F)cc3)CC2)C[C@@H]1C. The summed E-state index contributed by atoms with van der Waals surface area (Å²) in [6.07, 6.45) is -0.346. The Morgan fingerprint density at radius 1 is 1.11 bits per heavy atom. The largest absolute Gasteiger partial charge is 0.392 e. The molecule has 2 heterocycles. The third kappa shape index (κ3) is 5.01. The Bertz CT molecular complexity index is 646. The zero-order valence-electron chi connectivity index (χ0n) is 17.2. The number of hydrogen-bond donors (Lipinski definition) is 1. The maximum Gasteiger partial charge on any atom is 0.239 e. The lowest BCUT2D eigenvalue weighted by atomic mass is 10.1. The van der Waals surface area contributed by atoms with Gasteiger partial charge in [-0.15, -0.1) is 0 Å². The summed E-state index contributed by atoms with van der Waals surface area (Å²) in [4.78, 5) is 21.7. The smallest absolute Gasteiger partial charge is 0.239 e. The molecule has 3 rings (SSSR count). The van der Waals surface area contributed by atoms with Gasteiger partial charge in [0.25, 0.3) is 0 Å². The van der Waals surface area contributed by atoms with E-state index in [-0.39, 0.29) is 29.9 Å². The zero-order valence-corrected chi connectivity index (χ0v) is 17.2. The summed E-state index contributed by atoms with van der Waals surface area (Å²) in [5.41, 5.74) is 1.03. The van der Waals surface area contributed by atoms with E-state index < -0.39 is 0 Å². The highest BCUT2D eigenvalue weighted by Gasteiger charge is 2.32. The summed E-state index contributed by atoms with van der Waals surface area (Å²) in [5.74, 6) is -0.0249. The molecular weight excluding hydrogens is 359 g/mol. The second-order valence-corrected chi connectivity index (χ2v) is 8.15. The third-order valence-electron chi connectivity index (χ3n) is 5.99. The van der Waals surface area contributed by atoms with E-state index >= 15 is 0 Å². The fourth-order valence-corrected chi connectivity index (χ4v) is 4.25. The monoisotopic (exact) mass is 392 g/mol. The first-order valence-electron chi connectivity index (χ1n) is 10.3. The number of halogens is 1. The van der Waals surface area contributed by atoms with Gasteiger partial charge in [0.1, 0.15) is 5.82 Å². The molecule has 0 aliphatic carbocycles. The van der Waals surface area contributed by atoms with Crippen LogP contribution in [0.15, 0.2) is 24.3 Å². The molecule has 28 heavy (non-hydrogen) atoms. The van der Waals surface area contributed by atoms with Crippen molar-refractivity contribution < 1.29 is 14.3 Å². The zero-order chi connectivity index (χ0) is 20.3. The number of aliphatic hydroxyl groups excluding tert-OH is 1. The normalized spacial score (nSPS) is 24.2. The van der Waals surface area contributed by atoms with Crippen LogP contribution in [0.5, 0.6) is 0 Å². The van der Waals surface area contributed by atoms with Crippen LogP contribution in [0.25, 0.3) is 0 Å². The molecule has 2 aliphatic heterocycles. The highest BCUT2D eigenvalue weighted by atomic mass is 19.1. The van der Waals surface area contributed by atoms with E-state index in [0.29, 0.717) is 13.1 Å². The van der Waals surface area contributed by atoms with Crippen molar-refractivity contribution >= 4 is 11.6 Å². The van der Waals surface area contributed by atoms with Gasteiger partial charge in [0.05, 0.1) is 12.1 Å². The maximum atomic E-state index is 13.1. The summed E-state index contributed by atoms with van der Waals surface area (Å²) >= 11 is 0. The molecular formula is C21H33FN4O2. The lowest BCUT2D eigenvalue weighted by Crippen LogP contribution is -2.59. The van der Waals surface area contributed by atoms with Crippen molar-refractivity contribution in [3.63, 3.8) is 0 Å². The van der Waals surface area contributed by atoms with Gasteiger partial charge in [0.2, 0.25) is 5.91 Å². The van der Waals surface area contributed by atoms with Gasteiger partial charge in [0, 0.05) is 64.1 Å². The van der Waals surface area contributed by atoms with Crippen LogP contribution in [0.1, 0.15) is 20.8 Å². The van der Waals surface area contributed by atoms with Gasteiger partial charge in [-0.3, -0.25) is 14.6 Å². The number of rotatable bonds is 5. The van der Waals surface area contributed by atoms with Gasteiger partial charge in [-0.25, -0.2) is 4.39 Å². The summed E-state index contributed by atoms with van der Waals surface area (Å²) in [6.45, 7) is 12.1. The van der Waals surface area contributed by atoms with Gasteiger partial charge in [-0.05, 0) is 45.0 Å². The molecule has 0 spiro atoms. The topological polar surface area (TPSA) is 50.3 Å². The lowest BCUT2D eigenvalue weighted by Gasteiger charge is -2.43. The van der Waals surface area contributed by atoms with Gasteiger partial charge >= 0.3 is 0 Å². The Kier molecular flexibility index (Phi) is 6.91. The fourth-order valence-electron chi connectivity index (χ4n) is 4.25. The quantitative estimate of drug-likeness (QED) is 0.817. The van der Waals surface area contributed by atoms with Crippen LogP contribution in [-0.4, -0.2) is 96.3 Å². The molecule has 0 saturated carbocycles. The van der Waals surface area contributed by atoms with Gasteiger partial charge in [-0.1, -0.05) is 0 Å². The van der Waals surface area contributed by atoms with Crippen LogP contribution in [-0.2, 0) is 4.79 Å². The predicted octanol–water partition coefficient (Wildman–Crippen LogP) is 1.25. The van der Waals surface area contributed by atoms with Crippen LogP contribution in [0.4, 0.5) is 10.1 Å². The molecule has 0 aromatic heterocycles. The highest BCUT2D eigenvalue weighted by Crippen LogP contribution is 2.19.